The second-order valence-corrected chi connectivity index (χ2v) is 7.86. The first kappa shape index (κ1) is 24.6. The summed E-state index contributed by atoms with van der Waals surface area (Å²) in [4.78, 5) is 23.7. The fraction of sp³-hybridized carbons (Fsp3) is 0.385. The molecule has 7 nitrogen and oxygen atoms in total. The minimum atomic E-state index is -1.17. The molecular formula is C26H30O7. The van der Waals surface area contributed by atoms with Crippen molar-refractivity contribution in [1.82, 2.24) is 0 Å². The lowest BCUT2D eigenvalue weighted by atomic mass is 9.88. The van der Waals surface area contributed by atoms with E-state index in [9.17, 15) is 9.59 Å². The van der Waals surface area contributed by atoms with E-state index in [0.717, 1.165) is 11.1 Å². The molecule has 1 aliphatic heterocycles. The standard InChI is InChI=1S/C26H30O7/c1-4-15-26(30-17-22-13-9-6-10-14-22)23(18-29-16-21-11-7-5-8-12-21)33-25(32-20(3)28)24(26)31-19(2)27/h4-14,23-25H,1,15-18H2,2-3H3/t23-,24+,25+,26-/m1/s1. The van der Waals surface area contributed by atoms with E-state index < -0.39 is 36.0 Å². The normalized spacial score (nSPS) is 24.2. The molecule has 176 valence electrons. The van der Waals surface area contributed by atoms with Crippen LogP contribution in [0.3, 0.4) is 0 Å². The molecule has 7 heteroatoms. The molecule has 1 saturated heterocycles. The quantitative estimate of drug-likeness (QED) is 0.376. The van der Waals surface area contributed by atoms with Gasteiger partial charge in [0.05, 0.1) is 19.8 Å². The van der Waals surface area contributed by atoms with Gasteiger partial charge < -0.3 is 23.7 Å². The van der Waals surface area contributed by atoms with Gasteiger partial charge >= 0.3 is 11.9 Å². The maximum Gasteiger partial charge on any atom is 0.305 e. The Morgan fingerprint density at radius 1 is 0.939 bits per heavy atom. The Morgan fingerprint density at radius 3 is 2.06 bits per heavy atom. The lowest BCUT2D eigenvalue weighted by Crippen LogP contribution is -2.53. The molecule has 0 spiro atoms. The summed E-state index contributed by atoms with van der Waals surface area (Å²) in [7, 11) is 0. The third kappa shape index (κ3) is 6.51. The Morgan fingerprint density at radius 2 is 1.52 bits per heavy atom. The monoisotopic (exact) mass is 454 g/mol. The van der Waals surface area contributed by atoms with Gasteiger partial charge in [0.1, 0.15) is 11.7 Å². The van der Waals surface area contributed by atoms with Crippen molar-refractivity contribution >= 4 is 11.9 Å². The van der Waals surface area contributed by atoms with Gasteiger partial charge in [-0.05, 0) is 11.1 Å². The SMILES string of the molecule is C=CC[C@@]1(OCc2ccccc2)[C@@H](COCc2ccccc2)O[C@H](OC(C)=O)[C@@H]1OC(C)=O. The van der Waals surface area contributed by atoms with Gasteiger partial charge in [0, 0.05) is 20.3 Å². The minimum absolute atomic E-state index is 0.132. The minimum Gasteiger partial charge on any atom is -0.453 e. The van der Waals surface area contributed by atoms with Crippen molar-refractivity contribution in [1.29, 1.82) is 0 Å². The molecule has 33 heavy (non-hydrogen) atoms. The van der Waals surface area contributed by atoms with Crippen LogP contribution in [0.2, 0.25) is 0 Å². The second kappa shape index (κ2) is 11.7. The Hall–Kier alpha value is -3.00. The largest absolute Gasteiger partial charge is 0.453 e. The summed E-state index contributed by atoms with van der Waals surface area (Å²) in [5, 5.41) is 0. The number of carbonyl (C=O) groups excluding carboxylic acids is 2. The summed E-state index contributed by atoms with van der Waals surface area (Å²) in [5.41, 5.74) is 0.769. The molecule has 0 aliphatic carbocycles. The van der Waals surface area contributed by atoms with Crippen molar-refractivity contribution in [2.24, 2.45) is 0 Å². The highest BCUT2D eigenvalue weighted by Crippen LogP contribution is 2.41. The summed E-state index contributed by atoms with van der Waals surface area (Å²) in [6.07, 6.45) is -0.852. The van der Waals surface area contributed by atoms with Crippen molar-refractivity contribution < 1.29 is 33.3 Å². The molecule has 2 aromatic rings. The van der Waals surface area contributed by atoms with E-state index in [-0.39, 0.29) is 19.6 Å². The Bertz CT molecular complexity index is 915. The first-order chi connectivity index (χ1) is 15.9. The molecule has 0 radical (unpaired) electrons. The van der Waals surface area contributed by atoms with E-state index in [4.69, 9.17) is 23.7 Å². The summed E-state index contributed by atoms with van der Waals surface area (Å²) < 4.78 is 29.4. The van der Waals surface area contributed by atoms with Gasteiger partial charge in [-0.1, -0.05) is 66.7 Å². The van der Waals surface area contributed by atoms with E-state index in [1.165, 1.54) is 13.8 Å². The van der Waals surface area contributed by atoms with E-state index >= 15 is 0 Å². The lowest BCUT2D eigenvalue weighted by Gasteiger charge is -2.37. The molecule has 0 saturated carbocycles. The predicted molar refractivity (Wildman–Crippen MR) is 121 cm³/mol. The van der Waals surface area contributed by atoms with Gasteiger partial charge in [-0.25, -0.2) is 0 Å². The molecule has 4 atom stereocenters. The van der Waals surface area contributed by atoms with Gasteiger partial charge in [0.2, 0.25) is 6.29 Å². The highest BCUT2D eigenvalue weighted by Gasteiger charge is 2.60. The van der Waals surface area contributed by atoms with Gasteiger partial charge in [-0.2, -0.15) is 0 Å². The summed E-state index contributed by atoms with van der Waals surface area (Å²) in [6.45, 7) is 7.15. The van der Waals surface area contributed by atoms with Crippen molar-refractivity contribution in [2.45, 2.75) is 57.6 Å². The first-order valence-electron chi connectivity index (χ1n) is 10.8. The summed E-state index contributed by atoms with van der Waals surface area (Å²) in [6, 6.07) is 19.3. The average molecular weight is 455 g/mol. The maximum absolute atomic E-state index is 12.0. The van der Waals surface area contributed by atoms with Crippen LogP contribution in [0.1, 0.15) is 31.4 Å². The van der Waals surface area contributed by atoms with Gasteiger partial charge in [-0.3, -0.25) is 9.59 Å². The molecule has 2 aromatic carbocycles. The topological polar surface area (TPSA) is 80.3 Å². The summed E-state index contributed by atoms with van der Waals surface area (Å²) in [5.74, 6) is -1.10. The number of hydrogen-bond donors (Lipinski definition) is 0. The van der Waals surface area contributed by atoms with Crippen LogP contribution in [0.15, 0.2) is 73.3 Å². The van der Waals surface area contributed by atoms with Crippen LogP contribution < -0.4 is 0 Å². The zero-order valence-corrected chi connectivity index (χ0v) is 19.0. The lowest BCUT2D eigenvalue weighted by molar-refractivity contribution is -0.199. The molecule has 1 aliphatic rings. The average Bonchev–Trinajstić information content (AvgIpc) is 3.05. The van der Waals surface area contributed by atoms with E-state index in [1.807, 2.05) is 60.7 Å². The van der Waals surface area contributed by atoms with Gasteiger partial charge in [0.25, 0.3) is 0 Å². The van der Waals surface area contributed by atoms with Gasteiger partial charge in [-0.15, -0.1) is 6.58 Å². The molecule has 0 N–H and O–H groups in total. The number of carbonyl (C=O) groups is 2. The molecule has 0 unspecified atom stereocenters. The molecule has 3 rings (SSSR count). The van der Waals surface area contributed by atoms with Gasteiger partial charge in [0.15, 0.2) is 6.10 Å². The van der Waals surface area contributed by atoms with E-state index in [0.29, 0.717) is 6.61 Å². The van der Waals surface area contributed by atoms with Crippen LogP contribution in [-0.4, -0.2) is 42.6 Å². The molecule has 0 aromatic heterocycles. The fourth-order valence-corrected chi connectivity index (χ4v) is 3.89. The third-order valence-corrected chi connectivity index (χ3v) is 5.34. The second-order valence-electron chi connectivity index (χ2n) is 7.86. The maximum atomic E-state index is 12.0. The number of rotatable bonds is 11. The Labute approximate surface area is 194 Å². The van der Waals surface area contributed by atoms with Crippen molar-refractivity contribution in [3.63, 3.8) is 0 Å². The van der Waals surface area contributed by atoms with Crippen LogP contribution in [0.5, 0.6) is 0 Å². The van der Waals surface area contributed by atoms with Crippen molar-refractivity contribution in [2.75, 3.05) is 6.61 Å². The number of hydrogen-bond acceptors (Lipinski definition) is 7. The molecule has 0 bridgehead atoms. The van der Waals surface area contributed by atoms with Crippen LogP contribution in [0.4, 0.5) is 0 Å². The molecular weight excluding hydrogens is 424 g/mol. The zero-order chi connectivity index (χ0) is 23.7. The summed E-state index contributed by atoms with van der Waals surface area (Å²) >= 11 is 0. The van der Waals surface area contributed by atoms with Crippen LogP contribution in [0, 0.1) is 0 Å². The molecule has 1 fully saturated rings. The van der Waals surface area contributed by atoms with E-state index in [2.05, 4.69) is 6.58 Å². The number of esters is 2. The predicted octanol–water partition coefficient (Wildman–Crippen LogP) is 3.95. The Balaban J connectivity index is 1.87. The third-order valence-electron chi connectivity index (χ3n) is 5.34. The van der Waals surface area contributed by atoms with Crippen molar-refractivity contribution in [3.05, 3.63) is 84.4 Å². The van der Waals surface area contributed by atoms with E-state index in [1.54, 1.807) is 6.08 Å². The number of ether oxygens (including phenoxy) is 5. The fourth-order valence-electron chi connectivity index (χ4n) is 3.89. The smallest absolute Gasteiger partial charge is 0.305 e. The Kier molecular flexibility index (Phi) is 8.77. The molecule has 1 heterocycles. The highest BCUT2D eigenvalue weighted by atomic mass is 16.8. The highest BCUT2D eigenvalue weighted by molar-refractivity contribution is 5.67. The first-order valence-corrected chi connectivity index (χ1v) is 10.8. The molecule has 0 amide bonds. The van der Waals surface area contributed by atoms with Crippen LogP contribution in [-0.2, 0) is 46.5 Å². The van der Waals surface area contributed by atoms with Crippen LogP contribution >= 0.6 is 0 Å². The zero-order valence-electron chi connectivity index (χ0n) is 19.0. The van der Waals surface area contributed by atoms with Crippen molar-refractivity contribution in [3.8, 4) is 0 Å². The van der Waals surface area contributed by atoms with Crippen LogP contribution in [0.25, 0.3) is 0 Å². The number of benzene rings is 2.